The van der Waals surface area contributed by atoms with Gasteiger partial charge >= 0.3 is 0 Å². The molecule has 2 aromatic rings. The minimum Gasteiger partial charge on any atom is -0.325 e. The third-order valence-electron chi connectivity index (χ3n) is 4.72. The summed E-state index contributed by atoms with van der Waals surface area (Å²) in [7, 11) is -3.49. The van der Waals surface area contributed by atoms with E-state index in [2.05, 4.69) is 5.32 Å². The van der Waals surface area contributed by atoms with Crippen molar-refractivity contribution in [2.45, 2.75) is 39.8 Å². The molecule has 1 aliphatic heterocycles. The normalized spacial score (nSPS) is 17.6. The summed E-state index contributed by atoms with van der Waals surface area (Å²) >= 11 is 0. The molecule has 0 saturated heterocycles. The number of hydrogen-bond acceptors (Lipinski definition) is 3. The molecule has 0 aliphatic carbocycles. The quantitative estimate of drug-likeness (QED) is 0.897. The Morgan fingerprint density at radius 1 is 1.12 bits per heavy atom. The van der Waals surface area contributed by atoms with E-state index in [9.17, 15) is 13.2 Å². The van der Waals surface area contributed by atoms with Crippen LogP contribution in [0.2, 0.25) is 0 Å². The molecule has 26 heavy (non-hydrogen) atoms. The lowest BCUT2D eigenvalue weighted by molar-refractivity contribution is -0.120. The summed E-state index contributed by atoms with van der Waals surface area (Å²) < 4.78 is 26.5. The fraction of sp³-hybridized carbons (Fsp3) is 0.350. The van der Waals surface area contributed by atoms with Crippen LogP contribution in [0.15, 0.2) is 42.5 Å². The Labute approximate surface area is 155 Å². The number of hydrogen-bond donors (Lipinski definition) is 1. The maximum Gasteiger partial charge on any atom is 0.243 e. The van der Waals surface area contributed by atoms with Crippen LogP contribution in [0.5, 0.6) is 0 Å². The molecular weight excluding hydrogens is 348 g/mol. The third kappa shape index (κ3) is 3.81. The zero-order chi connectivity index (χ0) is 18.9. The van der Waals surface area contributed by atoms with Gasteiger partial charge in [-0.15, -0.1) is 0 Å². The van der Waals surface area contributed by atoms with Gasteiger partial charge in [0.1, 0.15) is 6.04 Å². The molecule has 5 nitrogen and oxygen atoms in total. The molecule has 0 bridgehead atoms. The zero-order valence-electron chi connectivity index (χ0n) is 15.3. The Morgan fingerprint density at radius 3 is 2.35 bits per heavy atom. The van der Waals surface area contributed by atoms with Crippen LogP contribution >= 0.6 is 0 Å². The lowest BCUT2D eigenvalue weighted by Crippen LogP contribution is -2.51. The summed E-state index contributed by atoms with van der Waals surface area (Å²) in [5.41, 5.74) is 4.77. The van der Waals surface area contributed by atoms with Gasteiger partial charge in [-0.05, 0) is 61.6 Å². The van der Waals surface area contributed by atoms with Gasteiger partial charge in [-0.2, -0.15) is 4.31 Å². The first kappa shape index (κ1) is 18.6. The van der Waals surface area contributed by atoms with Crippen molar-refractivity contribution in [1.82, 2.24) is 4.31 Å². The number of nitrogens with one attached hydrogen (secondary N) is 1. The number of benzene rings is 2. The number of rotatable bonds is 4. The van der Waals surface area contributed by atoms with Gasteiger partial charge in [-0.3, -0.25) is 4.79 Å². The van der Waals surface area contributed by atoms with Gasteiger partial charge in [0.15, 0.2) is 0 Å². The summed E-state index contributed by atoms with van der Waals surface area (Å²) in [6, 6.07) is 12.8. The van der Waals surface area contributed by atoms with Crippen LogP contribution in [0.4, 0.5) is 5.69 Å². The number of carbonyl (C=O) groups is 1. The molecule has 1 unspecified atom stereocenters. The average Bonchev–Trinajstić information content (AvgIpc) is 2.59. The van der Waals surface area contributed by atoms with Gasteiger partial charge < -0.3 is 5.32 Å². The first-order chi connectivity index (χ1) is 12.3. The number of carbonyl (C=O) groups excluding carboxylic acids is 1. The van der Waals surface area contributed by atoms with Crippen molar-refractivity contribution in [1.29, 1.82) is 0 Å². The van der Waals surface area contributed by atoms with E-state index >= 15 is 0 Å². The maximum atomic E-state index is 13.0. The Kier molecular flexibility index (Phi) is 5.16. The molecule has 2 aromatic carbocycles. The van der Waals surface area contributed by atoms with Gasteiger partial charge in [0.05, 0.1) is 5.75 Å². The number of sulfonamides is 1. The first-order valence-corrected chi connectivity index (χ1v) is 10.4. The largest absolute Gasteiger partial charge is 0.325 e. The van der Waals surface area contributed by atoms with E-state index in [4.69, 9.17) is 0 Å². The Balaban J connectivity index is 1.93. The highest BCUT2D eigenvalue weighted by atomic mass is 32.2. The van der Waals surface area contributed by atoms with E-state index in [0.717, 1.165) is 22.3 Å². The van der Waals surface area contributed by atoms with Crippen LogP contribution < -0.4 is 5.32 Å². The number of fused-ring (bicyclic) bond motifs is 1. The van der Waals surface area contributed by atoms with E-state index in [0.29, 0.717) is 12.1 Å². The predicted octanol–water partition coefficient (Wildman–Crippen LogP) is 3.02. The maximum absolute atomic E-state index is 13.0. The summed E-state index contributed by atoms with van der Waals surface area (Å²) in [6.45, 7) is 5.77. The van der Waals surface area contributed by atoms with Crippen molar-refractivity contribution in [3.05, 3.63) is 64.7 Å². The first-order valence-electron chi connectivity index (χ1n) is 8.75. The molecule has 6 heteroatoms. The molecule has 0 aromatic heterocycles. The second-order valence-electron chi connectivity index (χ2n) is 6.80. The molecule has 3 rings (SSSR count). The van der Waals surface area contributed by atoms with Crippen molar-refractivity contribution < 1.29 is 13.2 Å². The molecule has 1 atom stereocenters. The van der Waals surface area contributed by atoms with E-state index in [1.165, 1.54) is 4.31 Å². The van der Waals surface area contributed by atoms with Crippen LogP contribution in [0, 0.1) is 13.8 Å². The van der Waals surface area contributed by atoms with Crippen molar-refractivity contribution in [2.75, 3.05) is 11.1 Å². The van der Waals surface area contributed by atoms with Crippen molar-refractivity contribution in [2.24, 2.45) is 0 Å². The highest BCUT2D eigenvalue weighted by molar-refractivity contribution is 7.89. The van der Waals surface area contributed by atoms with Gasteiger partial charge in [0.2, 0.25) is 15.9 Å². The van der Waals surface area contributed by atoms with Gasteiger partial charge in [-0.25, -0.2) is 8.42 Å². The molecular formula is C20H24N2O3S. The van der Waals surface area contributed by atoms with E-state index < -0.39 is 16.1 Å². The molecule has 0 saturated carbocycles. The van der Waals surface area contributed by atoms with Crippen LogP contribution in [0.25, 0.3) is 0 Å². The second-order valence-corrected chi connectivity index (χ2v) is 9.01. The predicted molar refractivity (Wildman–Crippen MR) is 103 cm³/mol. The third-order valence-corrected chi connectivity index (χ3v) is 6.55. The number of nitrogens with zero attached hydrogens (tertiary/aromatic N) is 1. The van der Waals surface area contributed by atoms with E-state index in [1.807, 2.05) is 56.3 Å². The van der Waals surface area contributed by atoms with Crippen LogP contribution in [-0.4, -0.2) is 30.4 Å². The van der Waals surface area contributed by atoms with Crippen LogP contribution in [0.1, 0.15) is 29.2 Å². The summed E-state index contributed by atoms with van der Waals surface area (Å²) in [5.74, 6) is -0.316. The monoisotopic (exact) mass is 372 g/mol. The lowest BCUT2D eigenvalue weighted by atomic mass is 9.95. The van der Waals surface area contributed by atoms with Crippen molar-refractivity contribution in [3.63, 3.8) is 0 Å². The lowest BCUT2D eigenvalue weighted by Gasteiger charge is -2.34. The summed E-state index contributed by atoms with van der Waals surface area (Å²) in [6.07, 6.45) is 0.381. The van der Waals surface area contributed by atoms with Gasteiger partial charge in [-0.1, -0.05) is 30.3 Å². The van der Waals surface area contributed by atoms with Crippen molar-refractivity contribution >= 4 is 21.6 Å². The Hall–Kier alpha value is -2.18. The molecule has 1 amide bonds. The highest BCUT2D eigenvalue weighted by Gasteiger charge is 2.37. The molecule has 0 spiro atoms. The summed E-state index contributed by atoms with van der Waals surface area (Å²) in [5, 5.41) is 2.91. The van der Waals surface area contributed by atoms with Gasteiger partial charge in [0, 0.05) is 12.2 Å². The summed E-state index contributed by atoms with van der Waals surface area (Å²) in [4.78, 5) is 13.0. The van der Waals surface area contributed by atoms with Crippen LogP contribution in [0.3, 0.4) is 0 Å². The Bertz CT molecular complexity index is 918. The number of anilines is 1. The Morgan fingerprint density at radius 2 is 1.73 bits per heavy atom. The fourth-order valence-corrected chi connectivity index (χ4v) is 4.68. The zero-order valence-corrected chi connectivity index (χ0v) is 16.1. The van der Waals surface area contributed by atoms with Crippen LogP contribution in [-0.2, 0) is 27.8 Å². The van der Waals surface area contributed by atoms with E-state index in [-0.39, 0.29) is 18.2 Å². The topological polar surface area (TPSA) is 66.5 Å². The minimum absolute atomic E-state index is 0.0253. The number of amides is 1. The standard InChI is InChI=1S/C20H24N2O3S/c1-4-26(24,25)22-13-17-8-6-5-7-16(17)12-19(22)20(23)21-18-10-14(2)9-15(3)11-18/h5-11,19H,4,12-13H2,1-3H3,(H,21,23). The van der Waals surface area contributed by atoms with E-state index in [1.54, 1.807) is 6.92 Å². The van der Waals surface area contributed by atoms with Gasteiger partial charge in [0.25, 0.3) is 0 Å². The molecule has 0 radical (unpaired) electrons. The molecule has 138 valence electrons. The molecule has 0 fully saturated rings. The second kappa shape index (κ2) is 7.21. The SMILES string of the molecule is CCS(=O)(=O)N1Cc2ccccc2CC1C(=O)Nc1cc(C)cc(C)c1. The molecule has 1 heterocycles. The smallest absolute Gasteiger partial charge is 0.243 e. The highest BCUT2D eigenvalue weighted by Crippen LogP contribution is 2.27. The average molecular weight is 372 g/mol. The fourth-order valence-electron chi connectivity index (χ4n) is 3.45. The number of aryl methyl sites for hydroxylation is 2. The van der Waals surface area contributed by atoms with Crippen molar-refractivity contribution in [3.8, 4) is 0 Å². The minimum atomic E-state index is -3.49. The molecule has 1 N–H and O–H groups in total. The molecule has 1 aliphatic rings.